The largest absolute Gasteiger partial charge is 0.490 e. The monoisotopic (exact) mass is 416 g/mol. The molecule has 2 rings (SSSR count). The van der Waals surface area contributed by atoms with E-state index in [0.29, 0.717) is 32.3 Å². The van der Waals surface area contributed by atoms with Gasteiger partial charge in [-0.25, -0.2) is 0 Å². The molecule has 166 valence electrons. The van der Waals surface area contributed by atoms with Crippen LogP contribution in [0, 0.1) is 0 Å². The molecular formula is C25H36O5. The molecule has 1 atom stereocenters. The fourth-order valence-electron chi connectivity index (χ4n) is 3.44. The minimum absolute atomic E-state index is 0.160. The minimum Gasteiger partial charge on any atom is -0.490 e. The van der Waals surface area contributed by atoms with Gasteiger partial charge < -0.3 is 24.1 Å². The molecule has 0 aliphatic carbocycles. The molecule has 2 aromatic rings. The number of aliphatic hydroxyl groups excluding tert-OH is 1. The minimum atomic E-state index is 0.160. The van der Waals surface area contributed by atoms with Crippen LogP contribution in [0.25, 0.3) is 0 Å². The van der Waals surface area contributed by atoms with Crippen molar-refractivity contribution in [3.8, 4) is 11.5 Å². The molecule has 1 N–H and O–H groups in total. The third-order valence-corrected chi connectivity index (χ3v) is 5.19. The molecule has 5 nitrogen and oxygen atoms in total. The second-order valence-electron chi connectivity index (χ2n) is 7.74. The normalized spacial score (nSPS) is 12.2. The van der Waals surface area contributed by atoms with Crippen LogP contribution in [0.15, 0.2) is 36.4 Å². The molecule has 0 aromatic heterocycles. The Morgan fingerprint density at radius 3 is 1.87 bits per heavy atom. The Kier molecular flexibility index (Phi) is 10.1. The summed E-state index contributed by atoms with van der Waals surface area (Å²) in [5.74, 6) is 2.19. The van der Waals surface area contributed by atoms with Crippen LogP contribution in [-0.4, -0.2) is 39.1 Å². The number of methoxy groups -OCH3 is 2. The topological polar surface area (TPSA) is 57.2 Å². The summed E-state index contributed by atoms with van der Waals surface area (Å²) in [5.41, 5.74) is 4.41. The summed E-state index contributed by atoms with van der Waals surface area (Å²) in [6, 6.07) is 12.2. The molecule has 0 aliphatic heterocycles. The predicted molar refractivity (Wildman–Crippen MR) is 120 cm³/mol. The summed E-state index contributed by atoms with van der Waals surface area (Å²) in [6.45, 7) is 8.40. The van der Waals surface area contributed by atoms with Crippen LogP contribution >= 0.6 is 0 Å². The Morgan fingerprint density at radius 1 is 0.833 bits per heavy atom. The highest BCUT2D eigenvalue weighted by atomic mass is 16.5. The second kappa shape index (κ2) is 12.6. The maximum absolute atomic E-state index is 9.43. The molecule has 0 fully saturated rings. The molecule has 0 aliphatic rings. The van der Waals surface area contributed by atoms with Gasteiger partial charge in [-0.1, -0.05) is 32.9 Å². The van der Waals surface area contributed by atoms with Crippen LogP contribution in [0.3, 0.4) is 0 Å². The average molecular weight is 417 g/mol. The van der Waals surface area contributed by atoms with Crippen molar-refractivity contribution in [3.05, 3.63) is 58.7 Å². The van der Waals surface area contributed by atoms with Crippen LogP contribution in [0.4, 0.5) is 0 Å². The quantitative estimate of drug-likeness (QED) is 0.463. The van der Waals surface area contributed by atoms with E-state index in [0.717, 1.165) is 34.6 Å². The smallest absolute Gasteiger partial charge is 0.130 e. The Bertz CT molecular complexity index is 724. The summed E-state index contributed by atoms with van der Waals surface area (Å²) in [6.07, 6.45) is 0.910. The van der Waals surface area contributed by atoms with E-state index in [2.05, 4.69) is 32.9 Å². The van der Waals surface area contributed by atoms with E-state index in [1.54, 1.807) is 14.2 Å². The van der Waals surface area contributed by atoms with Crippen molar-refractivity contribution < 1.29 is 24.1 Å². The van der Waals surface area contributed by atoms with Crippen LogP contribution in [0.2, 0.25) is 0 Å². The molecule has 0 spiro atoms. The summed E-state index contributed by atoms with van der Waals surface area (Å²) in [5, 5.41) is 9.43. The molecule has 30 heavy (non-hydrogen) atoms. The van der Waals surface area contributed by atoms with E-state index in [1.165, 1.54) is 5.56 Å². The van der Waals surface area contributed by atoms with Gasteiger partial charge in [-0.15, -0.1) is 0 Å². The van der Waals surface area contributed by atoms with Crippen molar-refractivity contribution in [1.82, 2.24) is 0 Å². The van der Waals surface area contributed by atoms with Gasteiger partial charge in [0.1, 0.15) is 24.7 Å². The van der Waals surface area contributed by atoms with Crippen molar-refractivity contribution in [2.75, 3.05) is 34.0 Å². The first kappa shape index (κ1) is 24.2. The third-order valence-electron chi connectivity index (χ3n) is 5.19. The number of hydrogen-bond donors (Lipinski definition) is 1. The highest BCUT2D eigenvalue weighted by molar-refractivity contribution is 5.45. The standard InChI is InChI=1S/C25H36O5/c1-6-19(15-26)20-7-9-24(10-8-20)29-11-12-30-25-22(16-27-4)13-21(18(2)3)14-23(25)17-28-5/h7-10,13-14,18-19,26H,6,11-12,15-17H2,1-5H3. The molecular weight excluding hydrogens is 380 g/mol. The lowest BCUT2D eigenvalue weighted by Crippen LogP contribution is -2.12. The summed E-state index contributed by atoms with van der Waals surface area (Å²) >= 11 is 0. The highest BCUT2D eigenvalue weighted by Crippen LogP contribution is 2.31. The predicted octanol–water partition coefficient (Wildman–Crippen LogP) is 5.05. The Labute approximate surface area is 180 Å². The number of benzene rings is 2. The van der Waals surface area contributed by atoms with E-state index >= 15 is 0 Å². The molecule has 5 heteroatoms. The fourth-order valence-corrected chi connectivity index (χ4v) is 3.44. The Hall–Kier alpha value is -2.08. The Balaban J connectivity index is 2.02. The van der Waals surface area contributed by atoms with Crippen molar-refractivity contribution in [1.29, 1.82) is 0 Å². The van der Waals surface area contributed by atoms with Gasteiger partial charge in [0.15, 0.2) is 0 Å². The van der Waals surface area contributed by atoms with E-state index in [4.69, 9.17) is 18.9 Å². The maximum Gasteiger partial charge on any atom is 0.130 e. The zero-order valence-electron chi connectivity index (χ0n) is 18.9. The molecule has 1 unspecified atom stereocenters. The van der Waals surface area contributed by atoms with Crippen LogP contribution in [0.1, 0.15) is 61.3 Å². The lowest BCUT2D eigenvalue weighted by molar-refractivity contribution is 0.164. The van der Waals surface area contributed by atoms with Gasteiger partial charge >= 0.3 is 0 Å². The third kappa shape index (κ3) is 6.73. The van der Waals surface area contributed by atoms with Gasteiger partial charge in [-0.3, -0.25) is 0 Å². The van der Waals surface area contributed by atoms with Gasteiger partial charge in [0.2, 0.25) is 0 Å². The highest BCUT2D eigenvalue weighted by Gasteiger charge is 2.14. The SMILES string of the molecule is CCC(CO)c1ccc(OCCOc2c(COC)cc(C(C)C)cc2COC)cc1. The van der Waals surface area contributed by atoms with E-state index in [-0.39, 0.29) is 12.5 Å². The molecule has 0 amide bonds. The second-order valence-corrected chi connectivity index (χ2v) is 7.74. The van der Waals surface area contributed by atoms with E-state index < -0.39 is 0 Å². The number of ether oxygens (including phenoxy) is 4. The number of rotatable bonds is 13. The molecule has 0 radical (unpaired) electrons. The molecule has 0 bridgehead atoms. The molecule has 0 heterocycles. The zero-order chi connectivity index (χ0) is 21.9. The van der Waals surface area contributed by atoms with Crippen LogP contribution < -0.4 is 9.47 Å². The van der Waals surface area contributed by atoms with E-state index in [1.807, 2.05) is 24.3 Å². The first-order chi connectivity index (χ1) is 14.5. The zero-order valence-corrected chi connectivity index (χ0v) is 18.9. The fraction of sp³-hybridized carbons (Fsp3) is 0.520. The van der Waals surface area contributed by atoms with E-state index in [9.17, 15) is 5.11 Å². The first-order valence-electron chi connectivity index (χ1n) is 10.6. The maximum atomic E-state index is 9.43. The lowest BCUT2D eigenvalue weighted by Gasteiger charge is -2.19. The summed E-state index contributed by atoms with van der Waals surface area (Å²) in [7, 11) is 3.38. The van der Waals surface area contributed by atoms with Gasteiger partial charge in [-0.2, -0.15) is 0 Å². The van der Waals surface area contributed by atoms with Gasteiger partial charge in [0, 0.05) is 37.9 Å². The number of aliphatic hydroxyl groups is 1. The van der Waals surface area contributed by atoms with Crippen LogP contribution in [-0.2, 0) is 22.7 Å². The van der Waals surface area contributed by atoms with Crippen molar-refractivity contribution in [3.63, 3.8) is 0 Å². The molecule has 0 saturated carbocycles. The summed E-state index contributed by atoms with van der Waals surface area (Å²) in [4.78, 5) is 0. The lowest BCUT2D eigenvalue weighted by atomic mass is 9.97. The van der Waals surface area contributed by atoms with Crippen molar-refractivity contribution in [2.45, 2.75) is 52.2 Å². The van der Waals surface area contributed by atoms with Crippen molar-refractivity contribution in [2.24, 2.45) is 0 Å². The van der Waals surface area contributed by atoms with Gasteiger partial charge in [-0.05, 0) is 47.7 Å². The van der Waals surface area contributed by atoms with Crippen molar-refractivity contribution >= 4 is 0 Å². The van der Waals surface area contributed by atoms with Crippen LogP contribution in [0.5, 0.6) is 11.5 Å². The first-order valence-corrected chi connectivity index (χ1v) is 10.6. The van der Waals surface area contributed by atoms with Gasteiger partial charge in [0.25, 0.3) is 0 Å². The molecule has 2 aromatic carbocycles. The average Bonchev–Trinajstić information content (AvgIpc) is 2.74. The van der Waals surface area contributed by atoms with Gasteiger partial charge in [0.05, 0.1) is 13.2 Å². The summed E-state index contributed by atoms with van der Waals surface area (Å²) < 4.78 is 22.7. The Morgan fingerprint density at radius 2 is 1.40 bits per heavy atom. The number of hydrogen-bond acceptors (Lipinski definition) is 5. The molecule has 0 saturated heterocycles.